The fourth-order valence-corrected chi connectivity index (χ4v) is 0.912. The van der Waals surface area contributed by atoms with Crippen molar-refractivity contribution in [1.82, 2.24) is 0 Å². The van der Waals surface area contributed by atoms with Crippen LogP contribution < -0.4 is 0 Å². The lowest BCUT2D eigenvalue weighted by molar-refractivity contribution is -0.175. The fraction of sp³-hybridized carbons (Fsp3) is 0.778. The average Bonchev–Trinajstić information content (AvgIpc) is 1.95. The standard InChI is InChI=1S/C9H15F3O2/c1-7(2)5-8(13)3-4-14-6-9(10,11)12/h8,13H,1,3-6H2,2H3. The van der Waals surface area contributed by atoms with Crippen LogP contribution in [0.4, 0.5) is 13.2 Å². The molecule has 0 radical (unpaired) electrons. The maximum Gasteiger partial charge on any atom is 0.411 e. The molecule has 0 aliphatic rings. The van der Waals surface area contributed by atoms with Gasteiger partial charge < -0.3 is 9.84 Å². The Balaban J connectivity index is 3.41. The third kappa shape index (κ3) is 9.54. The van der Waals surface area contributed by atoms with Crippen molar-refractivity contribution in [3.8, 4) is 0 Å². The van der Waals surface area contributed by atoms with E-state index in [0.29, 0.717) is 6.42 Å². The van der Waals surface area contributed by atoms with E-state index >= 15 is 0 Å². The van der Waals surface area contributed by atoms with Gasteiger partial charge in [-0.25, -0.2) is 0 Å². The lowest BCUT2D eigenvalue weighted by atomic mass is 10.1. The molecule has 0 aromatic rings. The monoisotopic (exact) mass is 212 g/mol. The minimum Gasteiger partial charge on any atom is -0.393 e. The Labute approximate surface area is 81.4 Å². The molecule has 0 heterocycles. The van der Waals surface area contributed by atoms with Gasteiger partial charge in [0.25, 0.3) is 0 Å². The van der Waals surface area contributed by atoms with Crippen molar-refractivity contribution in [2.75, 3.05) is 13.2 Å². The maximum atomic E-state index is 11.6. The Bertz CT molecular complexity index is 177. The van der Waals surface area contributed by atoms with Crippen LogP contribution in [0.25, 0.3) is 0 Å². The smallest absolute Gasteiger partial charge is 0.393 e. The van der Waals surface area contributed by atoms with Crippen LogP contribution in [-0.4, -0.2) is 30.6 Å². The van der Waals surface area contributed by atoms with Crippen molar-refractivity contribution in [2.45, 2.75) is 32.0 Å². The first-order valence-corrected chi connectivity index (χ1v) is 4.28. The Hall–Kier alpha value is -0.550. The van der Waals surface area contributed by atoms with E-state index in [1.54, 1.807) is 6.92 Å². The normalized spacial score (nSPS) is 14.1. The second-order valence-corrected chi connectivity index (χ2v) is 3.27. The summed E-state index contributed by atoms with van der Waals surface area (Å²) in [5.41, 5.74) is 0.799. The summed E-state index contributed by atoms with van der Waals surface area (Å²) < 4.78 is 39.1. The highest BCUT2D eigenvalue weighted by atomic mass is 19.4. The Kier molecular flexibility index (Phi) is 5.79. The van der Waals surface area contributed by atoms with Crippen LogP contribution in [0.2, 0.25) is 0 Å². The molecule has 0 aliphatic carbocycles. The highest BCUT2D eigenvalue weighted by Crippen LogP contribution is 2.14. The number of rotatable bonds is 6. The van der Waals surface area contributed by atoms with Crippen LogP contribution in [0.3, 0.4) is 0 Å². The minimum absolute atomic E-state index is 0.0893. The minimum atomic E-state index is -4.29. The third-order valence-corrected chi connectivity index (χ3v) is 1.45. The predicted octanol–water partition coefficient (Wildman–Crippen LogP) is 2.28. The van der Waals surface area contributed by atoms with Crippen LogP contribution in [0.15, 0.2) is 12.2 Å². The van der Waals surface area contributed by atoms with E-state index in [-0.39, 0.29) is 13.0 Å². The molecule has 1 unspecified atom stereocenters. The molecule has 0 saturated carbocycles. The summed E-state index contributed by atoms with van der Waals surface area (Å²) in [5.74, 6) is 0. The molecule has 0 amide bonds. The molecule has 5 heteroatoms. The van der Waals surface area contributed by atoms with Gasteiger partial charge >= 0.3 is 6.18 Å². The molecule has 1 N–H and O–H groups in total. The second-order valence-electron chi connectivity index (χ2n) is 3.27. The molecule has 0 aromatic heterocycles. The van der Waals surface area contributed by atoms with Gasteiger partial charge in [0.1, 0.15) is 6.61 Å². The van der Waals surface area contributed by atoms with Gasteiger partial charge in [-0.1, -0.05) is 5.57 Å². The van der Waals surface area contributed by atoms with Gasteiger partial charge in [0.15, 0.2) is 0 Å². The van der Waals surface area contributed by atoms with Crippen LogP contribution in [-0.2, 0) is 4.74 Å². The number of halogens is 3. The number of hydrogen-bond donors (Lipinski definition) is 1. The molecule has 0 aliphatic heterocycles. The summed E-state index contributed by atoms with van der Waals surface area (Å²) in [6, 6.07) is 0. The van der Waals surface area contributed by atoms with Crippen LogP contribution in [0.1, 0.15) is 19.8 Å². The number of ether oxygens (including phenoxy) is 1. The van der Waals surface area contributed by atoms with E-state index in [9.17, 15) is 18.3 Å². The molecule has 0 bridgehead atoms. The second kappa shape index (κ2) is 6.03. The summed E-state index contributed by atoms with van der Waals surface area (Å²) >= 11 is 0. The third-order valence-electron chi connectivity index (χ3n) is 1.45. The van der Waals surface area contributed by atoms with Crippen LogP contribution in [0.5, 0.6) is 0 Å². The zero-order valence-electron chi connectivity index (χ0n) is 8.10. The lowest BCUT2D eigenvalue weighted by Gasteiger charge is -2.11. The van der Waals surface area contributed by atoms with E-state index < -0.39 is 18.9 Å². The maximum absolute atomic E-state index is 11.6. The summed E-state index contributed by atoms with van der Waals surface area (Å²) in [4.78, 5) is 0. The largest absolute Gasteiger partial charge is 0.411 e. The van der Waals surface area contributed by atoms with Crippen molar-refractivity contribution in [3.05, 3.63) is 12.2 Å². The Morgan fingerprint density at radius 2 is 2.07 bits per heavy atom. The van der Waals surface area contributed by atoms with Crippen molar-refractivity contribution in [1.29, 1.82) is 0 Å². The van der Waals surface area contributed by atoms with E-state index in [2.05, 4.69) is 11.3 Å². The van der Waals surface area contributed by atoms with Crippen molar-refractivity contribution in [2.24, 2.45) is 0 Å². The molecule has 0 saturated heterocycles. The molecule has 2 nitrogen and oxygen atoms in total. The Morgan fingerprint density at radius 3 is 2.50 bits per heavy atom. The van der Waals surface area contributed by atoms with Gasteiger partial charge in [0.05, 0.1) is 6.10 Å². The van der Waals surface area contributed by atoms with E-state index in [4.69, 9.17) is 0 Å². The number of aliphatic hydroxyl groups is 1. The molecule has 0 aromatic carbocycles. The Morgan fingerprint density at radius 1 is 1.50 bits per heavy atom. The van der Waals surface area contributed by atoms with Gasteiger partial charge in [-0.3, -0.25) is 0 Å². The van der Waals surface area contributed by atoms with E-state index in [1.165, 1.54) is 0 Å². The average molecular weight is 212 g/mol. The van der Waals surface area contributed by atoms with Crippen molar-refractivity contribution < 1.29 is 23.0 Å². The molecule has 1 atom stereocenters. The highest BCUT2D eigenvalue weighted by Gasteiger charge is 2.27. The number of aliphatic hydroxyl groups excluding tert-OH is 1. The SMILES string of the molecule is C=C(C)CC(O)CCOCC(F)(F)F. The first-order valence-electron chi connectivity index (χ1n) is 4.28. The van der Waals surface area contributed by atoms with E-state index in [1.807, 2.05) is 0 Å². The summed E-state index contributed by atoms with van der Waals surface area (Å²) in [6.45, 7) is 3.99. The molecular weight excluding hydrogens is 197 g/mol. The quantitative estimate of drug-likeness (QED) is 0.540. The predicted molar refractivity (Wildman–Crippen MR) is 46.9 cm³/mol. The first kappa shape index (κ1) is 13.4. The number of alkyl halides is 3. The van der Waals surface area contributed by atoms with Gasteiger partial charge in [-0.05, 0) is 19.8 Å². The fourth-order valence-electron chi connectivity index (χ4n) is 0.912. The zero-order chi connectivity index (χ0) is 11.2. The molecule has 0 rings (SSSR count). The zero-order valence-corrected chi connectivity index (χ0v) is 8.10. The molecule has 0 spiro atoms. The lowest BCUT2D eigenvalue weighted by Crippen LogP contribution is -2.19. The van der Waals surface area contributed by atoms with Gasteiger partial charge in [0.2, 0.25) is 0 Å². The summed E-state index contributed by atoms with van der Waals surface area (Å²) in [6.07, 6.45) is -4.36. The van der Waals surface area contributed by atoms with Gasteiger partial charge in [0, 0.05) is 6.61 Å². The topological polar surface area (TPSA) is 29.5 Å². The number of hydrogen-bond acceptors (Lipinski definition) is 2. The highest BCUT2D eigenvalue weighted by molar-refractivity contribution is 4.90. The van der Waals surface area contributed by atoms with Crippen LogP contribution >= 0.6 is 0 Å². The van der Waals surface area contributed by atoms with Gasteiger partial charge in [-0.2, -0.15) is 13.2 Å². The van der Waals surface area contributed by atoms with E-state index in [0.717, 1.165) is 5.57 Å². The molecule has 0 fully saturated rings. The summed E-state index contributed by atoms with van der Waals surface area (Å²) in [7, 11) is 0. The molecule has 84 valence electrons. The molecular formula is C9H15F3O2. The first-order chi connectivity index (χ1) is 6.31. The van der Waals surface area contributed by atoms with Crippen molar-refractivity contribution >= 4 is 0 Å². The summed E-state index contributed by atoms with van der Waals surface area (Å²) in [5, 5.41) is 9.23. The van der Waals surface area contributed by atoms with Crippen LogP contribution in [0, 0.1) is 0 Å². The van der Waals surface area contributed by atoms with Crippen molar-refractivity contribution in [3.63, 3.8) is 0 Å². The van der Waals surface area contributed by atoms with Gasteiger partial charge in [-0.15, -0.1) is 6.58 Å². The molecule has 14 heavy (non-hydrogen) atoms.